The molecule has 3 rings (SSSR count). The van der Waals surface area contributed by atoms with Gasteiger partial charge in [0.2, 0.25) is 0 Å². The Hall–Kier alpha value is -1.21. The monoisotopic (exact) mass is 321 g/mol. The molecule has 2 heterocycles. The van der Waals surface area contributed by atoms with E-state index in [0.717, 1.165) is 46.2 Å². The van der Waals surface area contributed by atoms with Gasteiger partial charge in [0.1, 0.15) is 22.5 Å². The molecular weight excluding hydrogens is 302 g/mol. The van der Waals surface area contributed by atoms with Crippen molar-refractivity contribution >= 4 is 29.1 Å². The number of hydrogen-bond acceptors (Lipinski definition) is 7. The molecule has 0 aromatic carbocycles. The molecule has 7 heteroatoms. The zero-order valence-electron chi connectivity index (χ0n) is 12.3. The van der Waals surface area contributed by atoms with E-state index in [-0.39, 0.29) is 0 Å². The van der Waals surface area contributed by atoms with Crippen molar-refractivity contribution in [1.82, 2.24) is 19.3 Å². The fraction of sp³-hybridized carbons (Fsp3) is 0.571. The van der Waals surface area contributed by atoms with Gasteiger partial charge in [-0.1, -0.05) is 13.8 Å². The molecule has 1 N–H and O–H groups in total. The van der Waals surface area contributed by atoms with Crippen LogP contribution >= 0.6 is 23.3 Å². The molecule has 5 nitrogen and oxygen atoms in total. The van der Waals surface area contributed by atoms with E-state index in [4.69, 9.17) is 0 Å². The van der Waals surface area contributed by atoms with Gasteiger partial charge in [-0.15, -0.1) is 0 Å². The molecule has 0 amide bonds. The van der Waals surface area contributed by atoms with Gasteiger partial charge in [0.15, 0.2) is 4.34 Å². The van der Waals surface area contributed by atoms with Crippen LogP contribution < -0.4 is 5.32 Å². The van der Waals surface area contributed by atoms with Gasteiger partial charge in [-0.25, -0.2) is 15.0 Å². The van der Waals surface area contributed by atoms with Crippen LogP contribution in [0.2, 0.25) is 0 Å². The second kappa shape index (κ2) is 6.70. The van der Waals surface area contributed by atoms with Crippen molar-refractivity contribution in [3.05, 3.63) is 17.7 Å². The molecule has 1 aliphatic rings. The summed E-state index contributed by atoms with van der Waals surface area (Å²) < 4.78 is 5.28. The third-order valence-corrected chi connectivity index (χ3v) is 4.88. The molecule has 0 unspecified atom stereocenters. The summed E-state index contributed by atoms with van der Waals surface area (Å²) in [5.74, 6) is 3.35. The highest BCUT2D eigenvalue weighted by molar-refractivity contribution is 8.00. The fourth-order valence-electron chi connectivity index (χ4n) is 1.88. The third kappa shape index (κ3) is 3.91. The molecule has 0 saturated heterocycles. The topological polar surface area (TPSA) is 63.6 Å². The van der Waals surface area contributed by atoms with E-state index in [9.17, 15) is 0 Å². The summed E-state index contributed by atoms with van der Waals surface area (Å²) in [6, 6.07) is 2.01. The van der Waals surface area contributed by atoms with Gasteiger partial charge in [-0.05, 0) is 42.6 Å². The maximum atomic E-state index is 4.68. The zero-order valence-corrected chi connectivity index (χ0v) is 13.9. The summed E-state index contributed by atoms with van der Waals surface area (Å²) in [5, 5.41) is 4.33. The van der Waals surface area contributed by atoms with Crippen LogP contribution in [-0.2, 0) is 6.42 Å². The first-order valence-corrected chi connectivity index (χ1v) is 9.00. The first-order valence-electron chi connectivity index (χ1n) is 7.41. The largest absolute Gasteiger partial charge is 0.370 e. The van der Waals surface area contributed by atoms with E-state index in [1.807, 2.05) is 6.07 Å². The highest BCUT2D eigenvalue weighted by atomic mass is 32.2. The summed E-state index contributed by atoms with van der Waals surface area (Å²) in [7, 11) is 0. The average molecular weight is 321 g/mol. The number of rotatable bonds is 7. The lowest BCUT2D eigenvalue weighted by molar-refractivity contribution is 0.868. The van der Waals surface area contributed by atoms with Gasteiger partial charge < -0.3 is 5.32 Å². The minimum Gasteiger partial charge on any atom is -0.370 e. The van der Waals surface area contributed by atoms with Crippen molar-refractivity contribution in [3.8, 4) is 0 Å². The highest BCUT2D eigenvalue weighted by Crippen LogP contribution is 2.39. The minimum absolute atomic E-state index is 0.549. The first-order chi connectivity index (χ1) is 10.3. The number of anilines is 1. The normalized spacial score (nSPS) is 14.4. The maximum Gasteiger partial charge on any atom is 0.176 e. The summed E-state index contributed by atoms with van der Waals surface area (Å²) in [4.78, 5) is 13.8. The van der Waals surface area contributed by atoms with Gasteiger partial charge in [0, 0.05) is 24.9 Å². The molecule has 0 radical (unpaired) electrons. The zero-order chi connectivity index (χ0) is 14.7. The van der Waals surface area contributed by atoms with Crippen LogP contribution in [0.25, 0.3) is 0 Å². The molecular formula is C14H19N5S2. The fourth-order valence-corrected chi connectivity index (χ4v) is 3.53. The number of nitrogens with zero attached hydrogens (tertiary/aromatic N) is 4. The summed E-state index contributed by atoms with van der Waals surface area (Å²) >= 11 is 3.03. The lowest BCUT2D eigenvalue weighted by atomic mass is 10.4. The van der Waals surface area contributed by atoms with Crippen molar-refractivity contribution in [2.75, 3.05) is 11.9 Å². The predicted octanol–water partition coefficient (Wildman–Crippen LogP) is 3.74. The summed E-state index contributed by atoms with van der Waals surface area (Å²) in [6.07, 6.45) is 4.37. The van der Waals surface area contributed by atoms with E-state index >= 15 is 0 Å². The predicted molar refractivity (Wildman–Crippen MR) is 86.2 cm³/mol. The maximum absolute atomic E-state index is 4.68. The van der Waals surface area contributed by atoms with Crippen LogP contribution in [0.15, 0.2) is 15.4 Å². The van der Waals surface area contributed by atoms with Crippen molar-refractivity contribution in [1.29, 1.82) is 0 Å². The van der Waals surface area contributed by atoms with Gasteiger partial charge in [0.05, 0.1) is 0 Å². The Morgan fingerprint density at radius 2 is 2.14 bits per heavy atom. The van der Waals surface area contributed by atoms with Crippen molar-refractivity contribution in [3.63, 3.8) is 0 Å². The van der Waals surface area contributed by atoms with Gasteiger partial charge >= 0.3 is 0 Å². The Kier molecular flexibility index (Phi) is 4.70. The number of aryl methyl sites for hydroxylation is 1. The van der Waals surface area contributed by atoms with E-state index in [0.29, 0.717) is 5.92 Å². The molecule has 0 atom stereocenters. The SMILES string of the molecule is CCCNc1cc(Sc2nc(CC)ns2)nc(C2CC2)n1. The number of hydrogen-bond donors (Lipinski definition) is 1. The van der Waals surface area contributed by atoms with Gasteiger partial charge in [-0.3, -0.25) is 0 Å². The summed E-state index contributed by atoms with van der Waals surface area (Å²) in [6.45, 7) is 5.16. The van der Waals surface area contributed by atoms with Crippen LogP contribution in [-0.4, -0.2) is 25.9 Å². The van der Waals surface area contributed by atoms with Crippen LogP contribution in [0.1, 0.15) is 50.7 Å². The smallest absolute Gasteiger partial charge is 0.176 e. The second-order valence-corrected chi connectivity index (χ2v) is 7.10. The number of nitrogens with one attached hydrogen (secondary N) is 1. The number of aromatic nitrogens is 4. The van der Waals surface area contributed by atoms with Crippen LogP contribution in [0.4, 0.5) is 5.82 Å². The highest BCUT2D eigenvalue weighted by Gasteiger charge is 2.27. The van der Waals surface area contributed by atoms with E-state index < -0.39 is 0 Å². The van der Waals surface area contributed by atoms with E-state index in [1.54, 1.807) is 11.8 Å². The molecule has 1 fully saturated rings. The molecule has 0 spiro atoms. The van der Waals surface area contributed by atoms with Crippen LogP contribution in [0.3, 0.4) is 0 Å². The Bertz CT molecular complexity index is 609. The summed E-state index contributed by atoms with van der Waals surface area (Å²) in [5.41, 5.74) is 0. The van der Waals surface area contributed by atoms with Crippen molar-refractivity contribution in [2.45, 2.75) is 54.8 Å². The third-order valence-electron chi connectivity index (χ3n) is 3.18. The van der Waals surface area contributed by atoms with E-state index in [1.165, 1.54) is 24.4 Å². The molecule has 2 aromatic rings. The van der Waals surface area contributed by atoms with Gasteiger partial charge in [-0.2, -0.15) is 4.37 Å². The Morgan fingerprint density at radius 1 is 1.29 bits per heavy atom. The Labute approximate surface area is 133 Å². The Balaban J connectivity index is 1.80. The molecule has 1 aliphatic carbocycles. The average Bonchev–Trinajstić information content (AvgIpc) is 3.26. The molecule has 2 aromatic heterocycles. The lowest BCUT2D eigenvalue weighted by Crippen LogP contribution is -2.05. The molecule has 0 bridgehead atoms. The second-order valence-electron chi connectivity index (χ2n) is 5.08. The Morgan fingerprint density at radius 3 is 2.81 bits per heavy atom. The molecule has 21 heavy (non-hydrogen) atoms. The minimum atomic E-state index is 0.549. The van der Waals surface area contributed by atoms with Crippen LogP contribution in [0, 0.1) is 0 Å². The van der Waals surface area contributed by atoms with Crippen LogP contribution in [0.5, 0.6) is 0 Å². The van der Waals surface area contributed by atoms with Crippen molar-refractivity contribution in [2.24, 2.45) is 0 Å². The van der Waals surface area contributed by atoms with Crippen molar-refractivity contribution < 1.29 is 0 Å². The van der Waals surface area contributed by atoms with E-state index in [2.05, 4.69) is 38.5 Å². The lowest BCUT2D eigenvalue weighted by Gasteiger charge is -2.08. The molecule has 0 aliphatic heterocycles. The standard InChI is InChI=1S/C14H19N5S2/c1-3-7-15-11-8-12(18-13(16-11)9-5-6-9)20-14-17-10(4-2)19-21-14/h8-9H,3-7H2,1-2H3,(H,15,16,18). The quantitative estimate of drug-likeness (QED) is 0.784. The molecule has 112 valence electrons. The molecule has 1 saturated carbocycles. The first kappa shape index (κ1) is 14.7. The van der Waals surface area contributed by atoms with Gasteiger partial charge in [0.25, 0.3) is 0 Å².